The molecule has 2 heteroatoms. The fourth-order valence-corrected chi connectivity index (χ4v) is 3.45. The Kier molecular flexibility index (Phi) is 3.45. The van der Waals surface area contributed by atoms with Crippen LogP contribution in [0.1, 0.15) is 57.8 Å². The molecule has 2 fully saturated rings. The van der Waals surface area contributed by atoms with Crippen LogP contribution in [0.3, 0.4) is 0 Å². The summed E-state index contributed by atoms with van der Waals surface area (Å²) in [5.41, 5.74) is -0.0938. The van der Waals surface area contributed by atoms with Gasteiger partial charge in [0.05, 0.1) is 11.5 Å². The van der Waals surface area contributed by atoms with Crippen LogP contribution in [0.25, 0.3) is 0 Å². The third kappa shape index (κ3) is 1.96. The molecule has 0 aromatic rings. The molecule has 0 unspecified atom stereocenters. The molecule has 0 aromatic heterocycles. The van der Waals surface area contributed by atoms with Crippen molar-refractivity contribution >= 4 is 5.78 Å². The second-order valence-corrected chi connectivity index (χ2v) is 5.11. The number of carbonyl (C=O) groups is 1. The molecule has 15 heavy (non-hydrogen) atoms. The lowest BCUT2D eigenvalue weighted by molar-refractivity contribution is -0.142. The molecule has 1 spiro atoms. The Morgan fingerprint density at radius 3 is 2.60 bits per heavy atom. The van der Waals surface area contributed by atoms with Crippen LogP contribution in [0.2, 0.25) is 0 Å². The minimum absolute atomic E-state index is 0.0938. The number of Topliss-reactive ketones (excluding diaryl/α,β-unsaturated/α-hetero) is 1. The van der Waals surface area contributed by atoms with E-state index in [1.54, 1.807) is 7.11 Å². The summed E-state index contributed by atoms with van der Waals surface area (Å²) in [7, 11) is 1.77. The molecule has 2 rings (SSSR count). The quantitative estimate of drug-likeness (QED) is 0.664. The zero-order chi connectivity index (χ0) is 10.7. The first-order chi connectivity index (χ1) is 7.29. The van der Waals surface area contributed by atoms with Crippen LogP contribution in [0, 0.1) is 5.41 Å². The predicted octanol–water partition coefficient (Wildman–Crippen LogP) is 3.10. The van der Waals surface area contributed by atoms with Gasteiger partial charge < -0.3 is 4.74 Å². The van der Waals surface area contributed by atoms with Gasteiger partial charge in [0.1, 0.15) is 5.78 Å². The summed E-state index contributed by atoms with van der Waals surface area (Å²) in [6.45, 7) is 0. The van der Waals surface area contributed by atoms with E-state index in [2.05, 4.69) is 0 Å². The van der Waals surface area contributed by atoms with Crippen molar-refractivity contribution in [3.05, 3.63) is 0 Å². The molecule has 2 atom stereocenters. The number of hydrogen-bond acceptors (Lipinski definition) is 2. The van der Waals surface area contributed by atoms with E-state index in [0.29, 0.717) is 5.78 Å². The maximum Gasteiger partial charge on any atom is 0.141 e. The Morgan fingerprint density at radius 2 is 1.87 bits per heavy atom. The summed E-state index contributed by atoms with van der Waals surface area (Å²) in [6.07, 6.45) is 10.2. The summed E-state index contributed by atoms with van der Waals surface area (Å²) in [6, 6.07) is 0. The Labute approximate surface area is 92.4 Å². The van der Waals surface area contributed by atoms with Crippen LogP contribution in [-0.2, 0) is 9.53 Å². The first-order valence-electron chi connectivity index (χ1n) is 6.36. The van der Waals surface area contributed by atoms with Crippen molar-refractivity contribution in [2.75, 3.05) is 7.11 Å². The van der Waals surface area contributed by atoms with Gasteiger partial charge in [0.25, 0.3) is 0 Å². The molecule has 0 amide bonds. The van der Waals surface area contributed by atoms with Gasteiger partial charge in [0.2, 0.25) is 0 Å². The molecule has 86 valence electrons. The van der Waals surface area contributed by atoms with Crippen LogP contribution in [0.5, 0.6) is 0 Å². The monoisotopic (exact) mass is 210 g/mol. The number of rotatable bonds is 1. The van der Waals surface area contributed by atoms with Gasteiger partial charge in [-0.1, -0.05) is 25.7 Å². The highest BCUT2D eigenvalue weighted by Crippen LogP contribution is 2.45. The molecule has 0 aliphatic heterocycles. The highest BCUT2D eigenvalue weighted by Gasteiger charge is 2.46. The predicted molar refractivity (Wildman–Crippen MR) is 59.8 cm³/mol. The van der Waals surface area contributed by atoms with Crippen molar-refractivity contribution in [1.29, 1.82) is 0 Å². The molecule has 0 heterocycles. The second-order valence-electron chi connectivity index (χ2n) is 5.11. The van der Waals surface area contributed by atoms with Gasteiger partial charge in [0.15, 0.2) is 0 Å². The topological polar surface area (TPSA) is 26.3 Å². The Hall–Kier alpha value is -0.370. The van der Waals surface area contributed by atoms with Crippen LogP contribution in [-0.4, -0.2) is 19.0 Å². The zero-order valence-electron chi connectivity index (χ0n) is 9.76. The highest BCUT2D eigenvalue weighted by atomic mass is 16.5. The summed E-state index contributed by atoms with van der Waals surface area (Å²) >= 11 is 0. The van der Waals surface area contributed by atoms with Gasteiger partial charge in [-0.15, -0.1) is 0 Å². The van der Waals surface area contributed by atoms with E-state index in [4.69, 9.17) is 4.74 Å². The molecule has 0 saturated heterocycles. The maximum atomic E-state index is 12.3. The summed E-state index contributed by atoms with van der Waals surface area (Å²) < 4.78 is 5.59. The largest absolute Gasteiger partial charge is 0.380 e. The lowest BCUT2D eigenvalue weighted by Gasteiger charge is -2.41. The number of hydrogen-bond donors (Lipinski definition) is 0. The Balaban J connectivity index is 2.21. The second kappa shape index (κ2) is 4.65. The first-order valence-corrected chi connectivity index (χ1v) is 6.36. The minimum Gasteiger partial charge on any atom is -0.380 e. The summed E-state index contributed by atoms with van der Waals surface area (Å²) in [4.78, 5) is 12.3. The van der Waals surface area contributed by atoms with E-state index in [1.807, 2.05) is 0 Å². The van der Waals surface area contributed by atoms with E-state index >= 15 is 0 Å². The maximum absolute atomic E-state index is 12.3. The molecule has 2 saturated carbocycles. The lowest BCUT2D eigenvalue weighted by Crippen LogP contribution is -2.45. The zero-order valence-corrected chi connectivity index (χ0v) is 9.76. The number of ketones is 1. The Bertz CT molecular complexity index is 237. The molecule has 0 bridgehead atoms. The van der Waals surface area contributed by atoms with E-state index in [0.717, 1.165) is 32.1 Å². The average Bonchev–Trinajstić information content (AvgIpc) is 2.44. The standard InChI is InChI=1S/C13H22O2/c1-15-12-8-4-6-10-13(12)9-5-2-3-7-11(13)14/h12H,2-10H2,1H3/t12-,13+/m0/s1. The third-order valence-corrected chi connectivity index (χ3v) is 4.32. The minimum atomic E-state index is -0.0938. The SMILES string of the molecule is CO[C@H]1CCCC[C@@]12CCCCCC2=O. The fraction of sp³-hybridized carbons (Fsp3) is 0.923. The highest BCUT2D eigenvalue weighted by molar-refractivity contribution is 5.85. The van der Waals surface area contributed by atoms with Crippen LogP contribution < -0.4 is 0 Å². The molecule has 0 aromatic carbocycles. The van der Waals surface area contributed by atoms with Gasteiger partial charge in [-0.2, -0.15) is 0 Å². The number of carbonyl (C=O) groups excluding carboxylic acids is 1. The summed E-state index contributed by atoms with van der Waals surface area (Å²) in [5.74, 6) is 0.492. The third-order valence-electron chi connectivity index (χ3n) is 4.32. The van der Waals surface area contributed by atoms with E-state index < -0.39 is 0 Å². The van der Waals surface area contributed by atoms with Gasteiger partial charge in [-0.05, 0) is 25.7 Å². The molecule has 0 N–H and O–H groups in total. The molecule has 2 nitrogen and oxygen atoms in total. The molecular formula is C13H22O2. The van der Waals surface area contributed by atoms with Crippen LogP contribution >= 0.6 is 0 Å². The smallest absolute Gasteiger partial charge is 0.141 e. The van der Waals surface area contributed by atoms with Gasteiger partial charge in [-0.25, -0.2) is 0 Å². The van der Waals surface area contributed by atoms with Crippen molar-refractivity contribution in [1.82, 2.24) is 0 Å². The van der Waals surface area contributed by atoms with E-state index in [-0.39, 0.29) is 11.5 Å². The van der Waals surface area contributed by atoms with Gasteiger partial charge >= 0.3 is 0 Å². The lowest BCUT2D eigenvalue weighted by atomic mass is 9.66. The fourth-order valence-electron chi connectivity index (χ4n) is 3.45. The van der Waals surface area contributed by atoms with Gasteiger partial charge in [0, 0.05) is 13.5 Å². The summed E-state index contributed by atoms with van der Waals surface area (Å²) in [5, 5.41) is 0. The van der Waals surface area contributed by atoms with Gasteiger partial charge in [-0.3, -0.25) is 4.79 Å². The molecule has 0 radical (unpaired) electrons. The van der Waals surface area contributed by atoms with Crippen molar-refractivity contribution in [3.63, 3.8) is 0 Å². The molecule has 2 aliphatic rings. The van der Waals surface area contributed by atoms with Crippen molar-refractivity contribution in [2.45, 2.75) is 63.9 Å². The van der Waals surface area contributed by atoms with Crippen LogP contribution in [0.15, 0.2) is 0 Å². The van der Waals surface area contributed by atoms with Crippen LogP contribution in [0.4, 0.5) is 0 Å². The van der Waals surface area contributed by atoms with Crippen molar-refractivity contribution in [2.24, 2.45) is 5.41 Å². The first kappa shape index (κ1) is 11.1. The van der Waals surface area contributed by atoms with E-state index in [9.17, 15) is 4.79 Å². The van der Waals surface area contributed by atoms with Crippen molar-refractivity contribution in [3.8, 4) is 0 Å². The molecule has 2 aliphatic carbocycles. The normalized spacial score (nSPS) is 37.9. The van der Waals surface area contributed by atoms with Crippen molar-refractivity contribution < 1.29 is 9.53 Å². The van der Waals surface area contributed by atoms with E-state index in [1.165, 1.54) is 25.7 Å². The average molecular weight is 210 g/mol. The molecular weight excluding hydrogens is 188 g/mol. The Morgan fingerprint density at radius 1 is 1.13 bits per heavy atom. The number of methoxy groups -OCH3 is 1. The number of ether oxygens (including phenoxy) is 1.